The molecular formula is C83H109ClN14O19S4. The summed E-state index contributed by atoms with van der Waals surface area (Å²) < 4.78 is 30.3. The summed E-state index contributed by atoms with van der Waals surface area (Å²) >= 11 is 6.90. The third-order valence-electron chi connectivity index (χ3n) is 21.6. The van der Waals surface area contributed by atoms with E-state index < -0.39 is 174 Å². The zero-order valence-corrected chi connectivity index (χ0v) is 72.9. The first-order valence-corrected chi connectivity index (χ1v) is 45.0. The molecule has 5 aliphatic rings. The number of benzene rings is 4. The van der Waals surface area contributed by atoms with Crippen molar-refractivity contribution in [2.45, 2.75) is 201 Å². The lowest BCUT2D eigenvalue weighted by molar-refractivity contribution is -0.322. The number of rotatable bonds is 27. The molecule has 6 bridgehead atoms. The van der Waals surface area contributed by atoms with Crippen LogP contribution >= 0.6 is 54.8 Å². The molecule has 3 saturated heterocycles. The van der Waals surface area contributed by atoms with Crippen LogP contribution in [0.4, 0.5) is 10.5 Å². The summed E-state index contributed by atoms with van der Waals surface area (Å²) in [6, 6.07) is 11.7. The lowest BCUT2D eigenvalue weighted by Gasteiger charge is -2.58. The highest BCUT2D eigenvalue weighted by Crippen LogP contribution is 2.50. The number of esters is 1. The van der Waals surface area contributed by atoms with Crippen molar-refractivity contribution < 1.29 is 91.4 Å². The summed E-state index contributed by atoms with van der Waals surface area (Å²) in [5, 5.41) is 44.1. The van der Waals surface area contributed by atoms with Gasteiger partial charge in [0.25, 0.3) is 0 Å². The van der Waals surface area contributed by atoms with Gasteiger partial charge in [0.15, 0.2) is 0 Å². The van der Waals surface area contributed by atoms with Crippen LogP contribution < -0.4 is 69.4 Å². The SMILES string of the molecule is COc1cc2cc(c1Cl)N(C)C(=O)C[C@H](OC(=O)[C@H](C)N(C)C(=O)CCSSC[C@H](NC(=O)[C@@H]1CSSC[C@H](NC(=O)[C@H](N)Cc3ccccc3)C(=O)N[C@@H](Cc3ccc(O)cc3)C(=O)N[C@H](Cc3c[nH]c4ccccc34)C(=O)N[C@@H](CCCCN)C(=O)N[C@@H]([C@@H](C)O)C(=O)N1)C(N)=O)[C@@]1(C)C[C@@](C)(O1)[C@@H]1CC(NC(=O)O1)[C@H](OC)/C=C/C=C(\C)C2. The van der Waals surface area contributed by atoms with Crippen LogP contribution in [0.25, 0.3) is 10.9 Å². The van der Waals surface area contributed by atoms with Crippen molar-refractivity contribution >= 4 is 143 Å². The van der Waals surface area contributed by atoms with Gasteiger partial charge in [0.2, 0.25) is 59.1 Å². The highest BCUT2D eigenvalue weighted by atomic mass is 35.5. The second-order valence-corrected chi connectivity index (χ2v) is 36.4. The molecule has 0 radical (unpaired) electrons. The van der Waals surface area contributed by atoms with Gasteiger partial charge in [-0.1, -0.05) is 139 Å². The number of aromatic hydroxyl groups is 1. The van der Waals surface area contributed by atoms with Crippen molar-refractivity contribution in [3.05, 3.63) is 148 Å². The number of alkyl carbamates (subject to hydrolysis) is 1. The normalized spacial score (nSPS) is 26.0. The number of para-hydroxylation sites is 1. The molecule has 121 heavy (non-hydrogen) atoms. The minimum atomic E-state index is -1.81. The van der Waals surface area contributed by atoms with Crippen LogP contribution in [0.15, 0.2) is 121 Å². The monoisotopic (exact) mass is 1770 g/mol. The number of fused-ring (bicyclic) bond motifs is 7. The van der Waals surface area contributed by atoms with Gasteiger partial charge < -0.3 is 108 Å². The Morgan fingerprint density at radius 3 is 2.17 bits per heavy atom. The Morgan fingerprint density at radius 1 is 0.818 bits per heavy atom. The van der Waals surface area contributed by atoms with Crippen LogP contribution in [0.1, 0.15) is 102 Å². The molecule has 16 atom stereocenters. The van der Waals surface area contributed by atoms with Crippen molar-refractivity contribution in [2.24, 2.45) is 17.2 Å². The second-order valence-electron chi connectivity index (χ2n) is 30.9. The molecule has 38 heteroatoms. The van der Waals surface area contributed by atoms with Gasteiger partial charge in [0.05, 0.1) is 43.5 Å². The minimum Gasteiger partial charge on any atom is -0.508 e. The quantitative estimate of drug-likeness (QED) is 0.0200. The average Bonchev–Trinajstić information content (AvgIpc) is 1.00. The summed E-state index contributed by atoms with van der Waals surface area (Å²) in [4.78, 5) is 179. The van der Waals surface area contributed by atoms with E-state index >= 15 is 9.59 Å². The van der Waals surface area contributed by atoms with Crippen LogP contribution in [-0.4, -0.2) is 245 Å². The molecule has 1 aromatic heterocycles. The molecule has 0 aliphatic carbocycles. The molecule has 656 valence electrons. The number of primary amides is 1. The number of amides is 11. The molecule has 33 nitrogen and oxygen atoms in total. The van der Waals surface area contributed by atoms with Gasteiger partial charge in [-0.05, 0) is 126 Å². The Kier molecular flexibility index (Phi) is 35.0. The molecule has 0 spiro atoms. The topological polar surface area (TPSA) is 488 Å². The van der Waals surface area contributed by atoms with Gasteiger partial charge in [-0.15, -0.1) is 0 Å². The summed E-state index contributed by atoms with van der Waals surface area (Å²) in [6.45, 7) is 8.25. The molecule has 0 saturated carbocycles. The van der Waals surface area contributed by atoms with Crippen LogP contribution in [-0.2, 0) is 97.4 Å². The maximum absolute atomic E-state index is 15.1. The number of nitrogens with zero attached hydrogens (tertiary/aromatic N) is 2. The average molecular weight is 1770 g/mol. The summed E-state index contributed by atoms with van der Waals surface area (Å²) in [6.07, 6.45) is 2.76. The lowest BCUT2D eigenvalue weighted by atomic mass is 9.72. The van der Waals surface area contributed by atoms with Gasteiger partial charge in [-0.3, -0.25) is 47.9 Å². The minimum absolute atomic E-state index is 0.0567. The van der Waals surface area contributed by atoms with E-state index in [9.17, 15) is 58.2 Å². The third-order valence-corrected chi connectivity index (χ3v) is 26.8. The predicted molar refractivity (Wildman–Crippen MR) is 464 cm³/mol. The molecule has 3 fully saturated rings. The number of nitrogens with one attached hydrogen (secondary N) is 9. The molecule has 11 amide bonds. The number of H-pyrrole nitrogens is 1. The van der Waals surface area contributed by atoms with Crippen LogP contribution in [0.3, 0.4) is 0 Å². The third kappa shape index (κ3) is 26.2. The molecule has 5 aromatic rings. The summed E-state index contributed by atoms with van der Waals surface area (Å²) in [5.41, 5.74) is 20.3. The number of methoxy groups -OCH3 is 2. The number of aliphatic hydroxyl groups excluding tert-OH is 1. The number of phenolic OH excluding ortho intramolecular Hbond substituents is 1. The van der Waals surface area contributed by atoms with E-state index in [2.05, 4.69) is 47.5 Å². The fourth-order valence-electron chi connectivity index (χ4n) is 14.6. The maximum Gasteiger partial charge on any atom is 0.407 e. The zero-order chi connectivity index (χ0) is 88.0. The van der Waals surface area contributed by atoms with Crippen molar-refractivity contribution in [3.8, 4) is 11.5 Å². The molecule has 1 unspecified atom stereocenters. The fourth-order valence-corrected chi connectivity index (χ4v) is 19.4. The number of nitrogens with two attached hydrogens (primary N) is 3. The molecule has 6 heterocycles. The van der Waals surface area contributed by atoms with Gasteiger partial charge in [-0.25, -0.2) is 9.59 Å². The Labute approximate surface area is 723 Å². The van der Waals surface area contributed by atoms with E-state index in [0.717, 1.165) is 54.3 Å². The Bertz CT molecular complexity index is 4580. The first-order chi connectivity index (χ1) is 57.6. The highest BCUT2D eigenvalue weighted by Gasteiger charge is 2.62. The largest absolute Gasteiger partial charge is 0.508 e. The van der Waals surface area contributed by atoms with E-state index in [-0.39, 0.29) is 91.7 Å². The number of allylic oxidation sites excluding steroid dienone is 3. The summed E-state index contributed by atoms with van der Waals surface area (Å²) in [5.74, 6) is -9.85. The molecular weight excluding hydrogens is 1660 g/mol. The predicted octanol–water partition coefficient (Wildman–Crippen LogP) is 4.14. The van der Waals surface area contributed by atoms with Gasteiger partial charge in [0, 0.05) is 93.4 Å². The van der Waals surface area contributed by atoms with Crippen LogP contribution in [0, 0.1) is 0 Å². The highest BCUT2D eigenvalue weighted by molar-refractivity contribution is 8.77. The number of hydrogen-bond acceptors (Lipinski definition) is 25. The number of aliphatic hydroxyl groups is 1. The second kappa shape index (κ2) is 44.5. The van der Waals surface area contributed by atoms with Gasteiger partial charge in [-0.2, -0.15) is 0 Å². The first-order valence-electron chi connectivity index (χ1n) is 39.7. The number of ether oxygens (including phenoxy) is 5. The Hall–Kier alpha value is -9.57. The maximum atomic E-state index is 15.1. The molecule has 17 N–H and O–H groups in total. The number of carbonyl (C=O) groups is 12. The lowest BCUT2D eigenvalue weighted by Crippen LogP contribution is -2.70. The number of likely N-dealkylation sites (N-methyl/N-ethyl adjacent to an activating group) is 1. The number of hydrogen-bond donors (Lipinski definition) is 14. The van der Waals surface area contributed by atoms with E-state index in [1.807, 2.05) is 37.3 Å². The summed E-state index contributed by atoms with van der Waals surface area (Å²) in [7, 11) is 9.98. The number of aromatic nitrogens is 1. The van der Waals surface area contributed by atoms with E-state index in [0.29, 0.717) is 51.9 Å². The standard InChI is InChI=1S/C83H109ClN14O19S4/c1-45-18-17-24-64(113-8)57-38-66(116-81(112)95-57)82(4)44-83(5,117-82)67(39-69(102)98(7)63-35-50(32-45)36-65(114-9)70(63)84)115-80(111)46(2)97(6)68(101)29-31-118-119-41-60(72(87)103)92-78(109)62-43-121-120-42-61(93-73(104)54(86)33-48-19-11-10-12-20-48)77(108)90-58(34-49-25-27-52(100)28-26-49)75(106)91-59(37-51-40-88-55-22-14-13-21-53(51)55)76(107)89-56(23-15-16-30-85)74(105)96-71(47(3)99)79(110)94-62/h10-14,17-22,24-28,35-36,40,46-47,54,56-62,64,66-67,71,88,99-100H,15-16,23,29-34,37-39,41-44,85-86H2,1-9H3,(H2,87,103)(H,89,107)(H,90,108)(H,91,106)(H,92,109)(H,93,104)(H,94,110)(H,95,112)(H,96,105)/b24-17+,45-18+/t46-,47+,54+,56-,57?,58-,59+,60-,61-,62-,64+,66-,67-,71-,82+,83+/m0/s1. The number of unbranched alkanes of at least 4 members (excludes halogenated alkanes) is 1. The Morgan fingerprint density at radius 2 is 1.49 bits per heavy atom. The van der Waals surface area contributed by atoms with E-state index in [1.165, 1.54) is 76.2 Å². The van der Waals surface area contributed by atoms with Crippen molar-refractivity contribution in [2.75, 3.05) is 62.8 Å². The van der Waals surface area contributed by atoms with E-state index in [1.54, 1.807) is 74.6 Å². The first kappa shape index (κ1) is 95.3. The van der Waals surface area contributed by atoms with Crippen molar-refractivity contribution in [1.82, 2.24) is 52.4 Å². The Balaban J connectivity index is 0.908. The molecule has 4 aromatic carbocycles. The molecule has 5 aliphatic heterocycles. The van der Waals surface area contributed by atoms with Gasteiger partial charge in [0.1, 0.15) is 88.3 Å². The van der Waals surface area contributed by atoms with Gasteiger partial charge >= 0.3 is 12.1 Å². The number of phenols is 1. The number of halogens is 1. The van der Waals surface area contributed by atoms with Crippen molar-refractivity contribution in [3.63, 3.8) is 0 Å². The van der Waals surface area contributed by atoms with Crippen LogP contribution in [0.2, 0.25) is 5.02 Å². The van der Waals surface area contributed by atoms with Crippen molar-refractivity contribution in [1.29, 1.82) is 0 Å². The van der Waals surface area contributed by atoms with E-state index in [4.69, 9.17) is 52.5 Å². The molecule has 10 rings (SSSR count). The fraction of sp³-hybridized carbons (Fsp3) is 0.494. The number of anilines is 1. The zero-order valence-electron chi connectivity index (χ0n) is 68.8. The smallest absolute Gasteiger partial charge is 0.407 e. The van der Waals surface area contributed by atoms with Crippen LogP contribution in [0.5, 0.6) is 11.5 Å². The number of aromatic amines is 1. The number of carbonyl (C=O) groups excluding carboxylic acids is 12.